The van der Waals surface area contributed by atoms with Gasteiger partial charge in [0, 0.05) is 26.4 Å². The van der Waals surface area contributed by atoms with Crippen LogP contribution in [0.15, 0.2) is 18.3 Å². The second-order valence-corrected chi connectivity index (χ2v) is 4.25. The summed E-state index contributed by atoms with van der Waals surface area (Å²) in [6.45, 7) is 0. The Morgan fingerprint density at radius 2 is 1.71 bits per heavy atom. The Bertz CT molecular complexity index is 524. The second kappa shape index (κ2) is 4.81. The molecule has 0 saturated heterocycles. The third-order valence-corrected chi connectivity index (χ3v) is 2.32. The van der Waals surface area contributed by atoms with E-state index in [1.54, 1.807) is 17.2 Å². The van der Waals surface area contributed by atoms with Gasteiger partial charge >= 0.3 is 0 Å². The lowest BCUT2D eigenvalue weighted by Gasteiger charge is -2.10. The molecule has 0 unspecified atom stereocenters. The Morgan fingerprint density at radius 3 is 2.29 bits per heavy atom. The lowest BCUT2D eigenvalue weighted by Crippen LogP contribution is -2.12. The molecule has 0 atom stereocenters. The molecule has 88 valence electrons. The van der Waals surface area contributed by atoms with Crippen molar-refractivity contribution in [1.29, 1.82) is 0 Å². The van der Waals surface area contributed by atoms with E-state index >= 15 is 0 Å². The molecule has 0 aliphatic rings. The van der Waals surface area contributed by atoms with E-state index in [4.69, 9.17) is 23.2 Å². The van der Waals surface area contributed by atoms with Crippen LogP contribution in [-0.2, 0) is 0 Å². The van der Waals surface area contributed by atoms with Gasteiger partial charge in [-0.1, -0.05) is 23.2 Å². The maximum atomic E-state index is 5.81. The highest BCUT2D eigenvalue weighted by Gasteiger charge is 2.08. The third kappa shape index (κ3) is 2.81. The lowest BCUT2D eigenvalue weighted by molar-refractivity contribution is 0.992. The maximum absolute atomic E-state index is 5.81. The summed E-state index contributed by atoms with van der Waals surface area (Å²) >= 11 is 11.6. The first kappa shape index (κ1) is 12.0. The molecule has 0 aromatic carbocycles. The van der Waals surface area contributed by atoms with Gasteiger partial charge in [-0.2, -0.15) is 0 Å². The van der Waals surface area contributed by atoms with Crippen molar-refractivity contribution in [2.75, 3.05) is 19.0 Å². The summed E-state index contributed by atoms with van der Waals surface area (Å²) < 4.78 is 0. The second-order valence-electron chi connectivity index (χ2n) is 3.47. The van der Waals surface area contributed by atoms with E-state index in [0.717, 1.165) is 0 Å². The van der Waals surface area contributed by atoms with Gasteiger partial charge in [-0.3, -0.25) is 0 Å². The van der Waals surface area contributed by atoms with Gasteiger partial charge in [-0.15, -0.1) is 0 Å². The zero-order valence-corrected chi connectivity index (χ0v) is 10.7. The van der Waals surface area contributed by atoms with Crippen molar-refractivity contribution in [1.82, 2.24) is 19.9 Å². The van der Waals surface area contributed by atoms with Crippen molar-refractivity contribution in [3.8, 4) is 11.5 Å². The van der Waals surface area contributed by atoms with Crippen molar-refractivity contribution in [3.63, 3.8) is 0 Å². The van der Waals surface area contributed by atoms with E-state index in [1.807, 2.05) is 14.1 Å². The number of nitrogens with zero attached hydrogens (tertiary/aromatic N) is 5. The van der Waals surface area contributed by atoms with Crippen molar-refractivity contribution in [2.24, 2.45) is 0 Å². The highest BCUT2D eigenvalue weighted by Crippen LogP contribution is 2.19. The van der Waals surface area contributed by atoms with Gasteiger partial charge in [0.2, 0.25) is 5.95 Å². The largest absolute Gasteiger partial charge is 0.347 e. The highest BCUT2D eigenvalue weighted by atomic mass is 35.5. The Labute approximate surface area is 108 Å². The zero-order chi connectivity index (χ0) is 12.4. The molecule has 7 heteroatoms. The minimum atomic E-state index is 0.282. The van der Waals surface area contributed by atoms with Crippen LogP contribution in [0.4, 0.5) is 5.95 Å². The number of hydrogen-bond acceptors (Lipinski definition) is 5. The van der Waals surface area contributed by atoms with Crippen molar-refractivity contribution in [2.45, 2.75) is 0 Å². The molecule has 2 aromatic heterocycles. The summed E-state index contributed by atoms with van der Waals surface area (Å²) in [7, 11) is 3.70. The summed E-state index contributed by atoms with van der Waals surface area (Å²) in [5.41, 5.74) is 0.577. The van der Waals surface area contributed by atoms with Crippen LogP contribution in [0, 0.1) is 0 Å². The summed E-state index contributed by atoms with van der Waals surface area (Å²) in [4.78, 5) is 18.3. The molecule has 2 aromatic rings. The van der Waals surface area contributed by atoms with Crippen molar-refractivity contribution < 1.29 is 0 Å². The summed E-state index contributed by atoms with van der Waals surface area (Å²) in [6, 6.07) is 3.18. The first-order chi connectivity index (χ1) is 8.06. The third-order valence-electron chi connectivity index (χ3n) is 1.94. The van der Waals surface area contributed by atoms with Gasteiger partial charge < -0.3 is 4.90 Å². The summed E-state index contributed by atoms with van der Waals surface area (Å²) in [5, 5.41) is 0.565. The molecule has 0 saturated carbocycles. The summed E-state index contributed by atoms with van der Waals surface area (Å²) in [6.07, 6.45) is 1.63. The fourth-order valence-electron chi connectivity index (χ4n) is 1.19. The van der Waals surface area contributed by atoms with E-state index in [9.17, 15) is 0 Å². The molecule has 0 radical (unpaired) electrons. The SMILES string of the molecule is CN(C)c1nccc(-c2nc(Cl)cc(Cl)n2)n1. The molecule has 2 rings (SSSR count). The maximum Gasteiger partial charge on any atom is 0.225 e. The van der Waals surface area contributed by atoms with E-state index in [2.05, 4.69) is 19.9 Å². The number of hydrogen-bond donors (Lipinski definition) is 0. The standard InChI is InChI=1S/C10H9Cl2N5/c1-17(2)10-13-4-3-6(14-10)9-15-7(11)5-8(12)16-9/h3-5H,1-2H3. The van der Waals surface area contributed by atoms with E-state index in [0.29, 0.717) is 17.5 Å². The Morgan fingerprint density at radius 1 is 1.06 bits per heavy atom. The first-order valence-corrected chi connectivity index (χ1v) is 5.52. The van der Waals surface area contributed by atoms with Gasteiger partial charge in [0.1, 0.15) is 16.0 Å². The molecule has 0 aliphatic carbocycles. The average molecular weight is 270 g/mol. The quantitative estimate of drug-likeness (QED) is 0.784. The van der Waals surface area contributed by atoms with Gasteiger partial charge in [0.05, 0.1) is 0 Å². The van der Waals surface area contributed by atoms with Crippen LogP contribution in [0.25, 0.3) is 11.5 Å². The van der Waals surface area contributed by atoms with E-state index < -0.39 is 0 Å². The van der Waals surface area contributed by atoms with Gasteiger partial charge in [0.15, 0.2) is 5.82 Å². The molecular formula is C10H9Cl2N5. The fourth-order valence-corrected chi connectivity index (χ4v) is 1.62. The zero-order valence-electron chi connectivity index (χ0n) is 9.22. The monoisotopic (exact) mass is 269 g/mol. The van der Waals surface area contributed by atoms with E-state index in [-0.39, 0.29) is 10.3 Å². The Kier molecular flexibility index (Phi) is 3.40. The molecule has 0 aliphatic heterocycles. The molecule has 0 amide bonds. The van der Waals surface area contributed by atoms with Gasteiger partial charge in [0.25, 0.3) is 0 Å². The minimum Gasteiger partial charge on any atom is -0.347 e. The number of aromatic nitrogens is 4. The smallest absolute Gasteiger partial charge is 0.225 e. The van der Waals surface area contributed by atoms with E-state index in [1.165, 1.54) is 6.07 Å². The van der Waals surface area contributed by atoms with Crippen LogP contribution in [0.3, 0.4) is 0 Å². The molecule has 2 heterocycles. The minimum absolute atomic E-state index is 0.282. The Balaban J connectivity index is 2.49. The van der Waals surface area contributed by atoms with Gasteiger partial charge in [-0.05, 0) is 6.07 Å². The van der Waals surface area contributed by atoms with Crippen molar-refractivity contribution in [3.05, 3.63) is 28.6 Å². The Hall–Kier alpha value is -1.46. The molecule has 0 N–H and O–H groups in total. The fraction of sp³-hybridized carbons (Fsp3) is 0.200. The predicted octanol–water partition coefficient (Wildman–Crippen LogP) is 2.31. The number of halogens is 2. The molecule has 0 spiro atoms. The molecule has 17 heavy (non-hydrogen) atoms. The predicted molar refractivity (Wildman–Crippen MR) is 67.4 cm³/mol. The molecule has 0 fully saturated rings. The number of anilines is 1. The van der Waals surface area contributed by atoms with Crippen LogP contribution in [0.1, 0.15) is 0 Å². The molecular weight excluding hydrogens is 261 g/mol. The highest BCUT2D eigenvalue weighted by molar-refractivity contribution is 6.33. The topological polar surface area (TPSA) is 54.8 Å². The van der Waals surface area contributed by atoms with Crippen LogP contribution in [0.2, 0.25) is 10.3 Å². The molecule has 5 nitrogen and oxygen atoms in total. The average Bonchev–Trinajstić information content (AvgIpc) is 2.28. The van der Waals surface area contributed by atoms with Crippen molar-refractivity contribution >= 4 is 29.2 Å². The van der Waals surface area contributed by atoms with Crippen LogP contribution < -0.4 is 4.90 Å². The van der Waals surface area contributed by atoms with Crippen LogP contribution in [-0.4, -0.2) is 34.0 Å². The molecule has 0 bridgehead atoms. The number of rotatable bonds is 2. The first-order valence-electron chi connectivity index (χ1n) is 4.77. The van der Waals surface area contributed by atoms with Crippen LogP contribution in [0.5, 0.6) is 0 Å². The lowest BCUT2D eigenvalue weighted by atomic mass is 10.4. The van der Waals surface area contributed by atoms with Gasteiger partial charge in [-0.25, -0.2) is 19.9 Å². The van der Waals surface area contributed by atoms with Crippen LogP contribution >= 0.6 is 23.2 Å². The summed E-state index contributed by atoms with van der Waals surface area (Å²) in [5.74, 6) is 0.954. The normalized spacial score (nSPS) is 10.4.